The Kier molecular flexibility index (Phi) is 5.99. The van der Waals surface area contributed by atoms with Crippen LogP contribution < -0.4 is 5.32 Å². The first-order valence-corrected chi connectivity index (χ1v) is 7.83. The lowest BCUT2D eigenvalue weighted by Crippen LogP contribution is -2.47. The van der Waals surface area contributed by atoms with Gasteiger partial charge in [0.25, 0.3) is 0 Å². The van der Waals surface area contributed by atoms with E-state index in [1.807, 2.05) is 37.3 Å². The Balaban J connectivity index is 1.74. The van der Waals surface area contributed by atoms with Crippen molar-refractivity contribution in [3.63, 3.8) is 0 Å². The molecule has 0 bridgehead atoms. The number of benzene rings is 1. The summed E-state index contributed by atoms with van der Waals surface area (Å²) in [6.45, 7) is 4.16. The van der Waals surface area contributed by atoms with Gasteiger partial charge in [-0.1, -0.05) is 42.5 Å². The van der Waals surface area contributed by atoms with Crippen LogP contribution in [0.5, 0.6) is 0 Å². The molecule has 1 atom stereocenters. The maximum Gasteiger partial charge on any atom is 0.408 e. The Labute approximate surface area is 131 Å². The number of rotatable bonds is 4. The molecule has 5 heteroatoms. The number of carbonyl (C=O) groups is 1. The van der Waals surface area contributed by atoms with Crippen molar-refractivity contribution in [3.05, 3.63) is 35.9 Å². The van der Waals surface area contributed by atoms with Crippen molar-refractivity contribution >= 4 is 23.3 Å². The number of piperidine rings is 1. The van der Waals surface area contributed by atoms with E-state index in [9.17, 15) is 4.79 Å². The van der Waals surface area contributed by atoms with Crippen LogP contribution in [-0.2, 0) is 11.3 Å². The highest BCUT2D eigenvalue weighted by Crippen LogP contribution is 2.11. The van der Waals surface area contributed by atoms with Gasteiger partial charge >= 0.3 is 6.09 Å². The Hall–Kier alpha value is -1.62. The van der Waals surface area contributed by atoms with Crippen molar-refractivity contribution in [1.29, 1.82) is 0 Å². The van der Waals surface area contributed by atoms with E-state index in [1.54, 1.807) is 0 Å². The summed E-state index contributed by atoms with van der Waals surface area (Å²) in [6, 6.07) is 9.45. The minimum absolute atomic E-state index is 0.179. The highest BCUT2D eigenvalue weighted by atomic mass is 32.1. The van der Waals surface area contributed by atoms with Crippen molar-refractivity contribution in [3.8, 4) is 0 Å². The molecule has 0 radical (unpaired) electrons. The fourth-order valence-corrected chi connectivity index (χ4v) is 2.63. The molecule has 0 saturated carbocycles. The molecule has 0 aromatic heterocycles. The lowest BCUT2D eigenvalue weighted by atomic mass is 10.1. The highest BCUT2D eigenvalue weighted by molar-refractivity contribution is 7.80. The van der Waals surface area contributed by atoms with Crippen molar-refractivity contribution in [2.24, 2.45) is 0 Å². The summed E-state index contributed by atoms with van der Waals surface area (Å²) in [5.74, 6) is 0. The quantitative estimate of drug-likeness (QED) is 0.868. The molecule has 1 aliphatic heterocycles. The molecule has 0 aliphatic carbocycles. The number of nitrogens with one attached hydrogen (secondary N) is 1. The fourth-order valence-electron chi connectivity index (χ4n) is 2.39. The van der Waals surface area contributed by atoms with Gasteiger partial charge in [0.05, 0.1) is 6.04 Å². The number of ether oxygens (including phenoxy) is 1. The van der Waals surface area contributed by atoms with Gasteiger partial charge in [0, 0.05) is 13.1 Å². The minimum atomic E-state index is -0.425. The Morgan fingerprint density at radius 1 is 1.29 bits per heavy atom. The molecule has 1 amide bonds. The fraction of sp³-hybridized carbons (Fsp3) is 0.500. The Bertz CT molecular complexity index is 472. The summed E-state index contributed by atoms with van der Waals surface area (Å²) >= 11 is 5.45. The van der Waals surface area contributed by atoms with E-state index in [1.165, 1.54) is 19.3 Å². The monoisotopic (exact) mass is 306 g/mol. The summed E-state index contributed by atoms with van der Waals surface area (Å²) in [5.41, 5.74) is 0.971. The maximum atomic E-state index is 11.8. The summed E-state index contributed by atoms with van der Waals surface area (Å²) < 4.78 is 5.21. The lowest BCUT2D eigenvalue weighted by Gasteiger charge is -2.31. The van der Waals surface area contributed by atoms with Crippen molar-refractivity contribution in [1.82, 2.24) is 10.2 Å². The van der Waals surface area contributed by atoms with Crippen LogP contribution in [0.25, 0.3) is 0 Å². The molecular weight excluding hydrogens is 284 g/mol. The van der Waals surface area contributed by atoms with E-state index in [0.717, 1.165) is 23.6 Å². The van der Waals surface area contributed by atoms with Crippen LogP contribution in [0, 0.1) is 0 Å². The van der Waals surface area contributed by atoms with Crippen LogP contribution in [0.15, 0.2) is 30.3 Å². The summed E-state index contributed by atoms with van der Waals surface area (Å²) in [4.78, 5) is 14.8. The van der Waals surface area contributed by atoms with Crippen LogP contribution in [0.3, 0.4) is 0 Å². The molecule has 1 aromatic rings. The molecule has 1 aromatic carbocycles. The number of alkyl carbamates (subject to hydrolysis) is 1. The molecule has 114 valence electrons. The van der Waals surface area contributed by atoms with Crippen molar-refractivity contribution < 1.29 is 9.53 Å². The minimum Gasteiger partial charge on any atom is -0.445 e. The third-order valence-electron chi connectivity index (χ3n) is 3.59. The molecule has 1 N–H and O–H groups in total. The first-order valence-electron chi connectivity index (χ1n) is 7.43. The van der Waals surface area contributed by atoms with E-state index < -0.39 is 6.09 Å². The van der Waals surface area contributed by atoms with E-state index in [2.05, 4.69) is 10.2 Å². The maximum absolute atomic E-state index is 11.8. The number of likely N-dealkylation sites (tertiary alicyclic amines) is 1. The van der Waals surface area contributed by atoms with Gasteiger partial charge in [0.1, 0.15) is 11.6 Å². The molecule has 2 rings (SSSR count). The summed E-state index contributed by atoms with van der Waals surface area (Å²) in [5, 5.41) is 2.80. The average molecular weight is 306 g/mol. The van der Waals surface area contributed by atoms with E-state index in [-0.39, 0.29) is 12.6 Å². The number of hydrogen-bond acceptors (Lipinski definition) is 3. The second kappa shape index (κ2) is 7.98. The molecule has 1 saturated heterocycles. The first kappa shape index (κ1) is 15.8. The highest BCUT2D eigenvalue weighted by Gasteiger charge is 2.20. The topological polar surface area (TPSA) is 41.6 Å². The zero-order chi connectivity index (χ0) is 15.1. The van der Waals surface area contributed by atoms with Gasteiger partial charge in [-0.05, 0) is 31.7 Å². The van der Waals surface area contributed by atoms with Crippen LogP contribution in [-0.4, -0.2) is 35.1 Å². The van der Waals surface area contributed by atoms with Gasteiger partial charge in [-0.15, -0.1) is 0 Å². The Morgan fingerprint density at radius 3 is 2.62 bits per heavy atom. The molecule has 4 nitrogen and oxygen atoms in total. The standard InChI is InChI=1S/C16H22N2O2S/c1-13(15(21)18-10-6-3-7-11-18)17-16(19)20-12-14-8-4-2-5-9-14/h2,4-5,8-9,13H,3,6-7,10-12H2,1H3,(H,17,19)/t13-/m0/s1. The predicted molar refractivity (Wildman–Crippen MR) is 87.2 cm³/mol. The molecule has 1 aliphatic rings. The normalized spacial score (nSPS) is 16.1. The van der Waals surface area contributed by atoms with E-state index in [0.29, 0.717) is 0 Å². The summed E-state index contributed by atoms with van der Waals surface area (Å²) in [7, 11) is 0. The average Bonchev–Trinajstić information content (AvgIpc) is 2.54. The van der Waals surface area contributed by atoms with Crippen molar-refractivity contribution in [2.75, 3.05) is 13.1 Å². The van der Waals surface area contributed by atoms with Crippen LogP contribution in [0.4, 0.5) is 4.79 Å². The molecule has 1 heterocycles. The molecule has 0 spiro atoms. The zero-order valence-electron chi connectivity index (χ0n) is 12.4. The second-order valence-electron chi connectivity index (χ2n) is 5.31. The van der Waals surface area contributed by atoms with Gasteiger partial charge in [-0.3, -0.25) is 0 Å². The third-order valence-corrected chi connectivity index (χ3v) is 4.20. The van der Waals surface area contributed by atoms with Crippen LogP contribution in [0.2, 0.25) is 0 Å². The number of thiocarbonyl (C=S) groups is 1. The second-order valence-corrected chi connectivity index (χ2v) is 5.73. The SMILES string of the molecule is C[C@H](NC(=O)OCc1ccccc1)C(=S)N1CCCCC1. The summed E-state index contributed by atoms with van der Waals surface area (Å²) in [6.07, 6.45) is 3.18. The molecule has 0 unspecified atom stereocenters. The number of hydrogen-bond donors (Lipinski definition) is 1. The lowest BCUT2D eigenvalue weighted by molar-refractivity contribution is 0.138. The smallest absolute Gasteiger partial charge is 0.408 e. The van der Waals surface area contributed by atoms with Crippen molar-refractivity contribution in [2.45, 2.75) is 38.8 Å². The van der Waals surface area contributed by atoms with Crippen LogP contribution >= 0.6 is 12.2 Å². The number of amides is 1. The van der Waals surface area contributed by atoms with E-state index >= 15 is 0 Å². The van der Waals surface area contributed by atoms with Gasteiger partial charge in [0.2, 0.25) is 0 Å². The zero-order valence-corrected chi connectivity index (χ0v) is 13.2. The molecular formula is C16H22N2O2S. The largest absolute Gasteiger partial charge is 0.445 e. The van der Waals surface area contributed by atoms with E-state index in [4.69, 9.17) is 17.0 Å². The predicted octanol–water partition coefficient (Wildman–Crippen LogP) is 3.11. The van der Waals surface area contributed by atoms with Crippen LogP contribution in [0.1, 0.15) is 31.7 Å². The van der Waals surface area contributed by atoms with Gasteiger partial charge < -0.3 is 15.0 Å². The number of nitrogens with zero attached hydrogens (tertiary/aromatic N) is 1. The molecule has 21 heavy (non-hydrogen) atoms. The third kappa shape index (κ3) is 5.01. The van der Waals surface area contributed by atoms with Gasteiger partial charge in [-0.25, -0.2) is 4.79 Å². The van der Waals surface area contributed by atoms with Gasteiger partial charge in [0.15, 0.2) is 0 Å². The van der Waals surface area contributed by atoms with Gasteiger partial charge in [-0.2, -0.15) is 0 Å². The first-order chi connectivity index (χ1) is 10.2. The number of carbonyl (C=O) groups excluding carboxylic acids is 1. The Morgan fingerprint density at radius 2 is 1.95 bits per heavy atom. The molecule has 1 fully saturated rings.